The maximum Gasteiger partial charge on any atom is 0.175 e. The van der Waals surface area contributed by atoms with E-state index in [-0.39, 0.29) is 0 Å². The number of benzene rings is 2. The highest BCUT2D eigenvalue weighted by Gasteiger charge is 2.17. The Morgan fingerprint density at radius 1 is 0.970 bits per heavy atom. The van der Waals surface area contributed by atoms with Crippen molar-refractivity contribution < 1.29 is 4.74 Å². The van der Waals surface area contributed by atoms with E-state index in [4.69, 9.17) is 15.5 Å². The first-order valence-electron chi connectivity index (χ1n) is 11.4. The third kappa shape index (κ3) is 6.48. The van der Waals surface area contributed by atoms with Gasteiger partial charge in [-0.2, -0.15) is 0 Å². The number of methoxy groups -OCH3 is 1. The Hall–Kier alpha value is -3.06. The zero-order valence-corrected chi connectivity index (χ0v) is 21.5. The fraction of sp³-hybridized carbons (Fsp3) is 0.346. The predicted molar refractivity (Wildman–Crippen MR) is 139 cm³/mol. The van der Waals surface area contributed by atoms with Crippen LogP contribution in [-0.4, -0.2) is 26.6 Å². The zero-order valence-electron chi connectivity index (χ0n) is 20.7. The lowest BCUT2D eigenvalue weighted by Gasteiger charge is -2.11. The molecule has 0 amide bonds. The van der Waals surface area contributed by atoms with Crippen molar-refractivity contribution in [1.82, 2.24) is 19.5 Å². The Morgan fingerprint density at radius 3 is 2.33 bits per heavy atom. The fourth-order valence-corrected chi connectivity index (χ4v) is 4.15. The smallest absolute Gasteiger partial charge is 0.175 e. The molecule has 0 aliphatic heterocycles. The number of aromatic nitrogens is 4. The minimum Gasteiger partial charge on any atom is -0.497 e. The van der Waals surface area contributed by atoms with E-state index in [1.54, 1.807) is 18.9 Å². The van der Waals surface area contributed by atoms with E-state index in [0.717, 1.165) is 40.0 Å². The summed E-state index contributed by atoms with van der Waals surface area (Å²) in [5, 5.41) is 0.843. The van der Waals surface area contributed by atoms with Crippen molar-refractivity contribution in [2.75, 3.05) is 12.8 Å². The molecule has 2 aromatic carbocycles. The van der Waals surface area contributed by atoms with Gasteiger partial charge < -0.3 is 15.0 Å². The van der Waals surface area contributed by atoms with Gasteiger partial charge in [0.25, 0.3) is 0 Å². The first-order chi connectivity index (χ1) is 16.0. The highest BCUT2D eigenvalue weighted by molar-refractivity contribution is 7.99. The van der Waals surface area contributed by atoms with Gasteiger partial charge in [0.05, 0.1) is 7.11 Å². The Labute approximate surface area is 201 Å². The van der Waals surface area contributed by atoms with E-state index in [9.17, 15) is 0 Å². The maximum absolute atomic E-state index is 6.08. The quantitative estimate of drug-likeness (QED) is 0.351. The van der Waals surface area contributed by atoms with Crippen molar-refractivity contribution >= 4 is 28.7 Å². The van der Waals surface area contributed by atoms with Crippen molar-refractivity contribution in [3.63, 3.8) is 0 Å². The third-order valence-electron chi connectivity index (χ3n) is 4.87. The SMILES string of the molecule is CC.CC.COc1ccc(C)c(Sc2nc3c(N)ncnc3n2CCc2ccc(C)cc2)c1. The number of anilines is 1. The van der Waals surface area contributed by atoms with Crippen molar-refractivity contribution in [1.29, 1.82) is 0 Å². The van der Waals surface area contributed by atoms with Gasteiger partial charge in [-0.05, 0) is 43.5 Å². The fourth-order valence-electron chi connectivity index (χ4n) is 3.12. The molecule has 2 N–H and O–H groups in total. The van der Waals surface area contributed by atoms with E-state index < -0.39 is 0 Å². The lowest BCUT2D eigenvalue weighted by atomic mass is 10.1. The lowest BCUT2D eigenvalue weighted by Crippen LogP contribution is -2.04. The molecule has 0 saturated carbocycles. The summed E-state index contributed by atoms with van der Waals surface area (Å²) in [5.74, 6) is 1.22. The number of nitrogen functional groups attached to an aromatic ring is 1. The number of fused-ring (bicyclic) bond motifs is 1. The van der Waals surface area contributed by atoms with Gasteiger partial charge >= 0.3 is 0 Å². The van der Waals surface area contributed by atoms with E-state index >= 15 is 0 Å². The van der Waals surface area contributed by atoms with Crippen LogP contribution in [0.25, 0.3) is 11.2 Å². The molecule has 0 fully saturated rings. The molecular formula is C26H35N5OS. The molecule has 0 aliphatic carbocycles. The van der Waals surface area contributed by atoms with Gasteiger partial charge in [0.2, 0.25) is 0 Å². The van der Waals surface area contributed by atoms with Crippen molar-refractivity contribution in [2.45, 2.75) is 64.6 Å². The van der Waals surface area contributed by atoms with Crippen LogP contribution in [0, 0.1) is 13.8 Å². The molecule has 7 heteroatoms. The van der Waals surface area contributed by atoms with Gasteiger partial charge in [-0.25, -0.2) is 15.0 Å². The number of hydrogen-bond donors (Lipinski definition) is 1. The molecule has 176 valence electrons. The first kappa shape index (κ1) is 26.2. The standard InChI is InChI=1S/C22H23N5OS.2C2H6/c1-14-4-7-16(8-5-14)10-11-27-21-19(20(23)24-13-25-21)26-22(27)29-18-12-17(28-3)9-6-15(18)2;2*1-2/h4-9,12-13H,10-11H2,1-3H3,(H2,23,24,25);2*1-2H3. The molecule has 2 heterocycles. The second-order valence-electron chi connectivity index (χ2n) is 6.95. The predicted octanol–water partition coefficient (Wildman–Crippen LogP) is 6.48. The zero-order chi connectivity index (χ0) is 24.4. The average Bonchev–Trinajstić information content (AvgIpc) is 3.21. The van der Waals surface area contributed by atoms with Crippen LogP contribution in [0.1, 0.15) is 44.4 Å². The molecule has 0 spiro atoms. The van der Waals surface area contributed by atoms with Gasteiger partial charge in [0, 0.05) is 11.4 Å². The summed E-state index contributed by atoms with van der Waals surface area (Å²) < 4.78 is 7.51. The first-order valence-corrected chi connectivity index (χ1v) is 12.2. The van der Waals surface area contributed by atoms with E-state index in [1.165, 1.54) is 17.5 Å². The van der Waals surface area contributed by atoms with Crippen LogP contribution in [0.2, 0.25) is 0 Å². The number of nitrogens with zero attached hydrogens (tertiary/aromatic N) is 4. The molecule has 0 unspecified atom stereocenters. The normalized spacial score (nSPS) is 10.2. The summed E-state index contributed by atoms with van der Waals surface area (Å²) in [6.07, 6.45) is 2.37. The summed E-state index contributed by atoms with van der Waals surface area (Å²) in [6, 6.07) is 14.6. The number of rotatable bonds is 6. The highest BCUT2D eigenvalue weighted by atomic mass is 32.2. The van der Waals surface area contributed by atoms with Gasteiger partial charge in [-0.1, -0.05) is 75.4 Å². The van der Waals surface area contributed by atoms with Crippen molar-refractivity contribution in [2.24, 2.45) is 0 Å². The van der Waals surface area contributed by atoms with Crippen molar-refractivity contribution in [3.8, 4) is 5.75 Å². The minimum absolute atomic E-state index is 0.397. The summed E-state index contributed by atoms with van der Waals surface area (Å²) in [6.45, 7) is 12.9. The Balaban J connectivity index is 0.000000914. The molecule has 4 aromatic rings. The van der Waals surface area contributed by atoms with Crippen LogP contribution in [0.4, 0.5) is 5.82 Å². The molecule has 6 nitrogen and oxygen atoms in total. The van der Waals surface area contributed by atoms with Gasteiger partial charge in [-0.15, -0.1) is 0 Å². The van der Waals surface area contributed by atoms with Gasteiger partial charge in [0.15, 0.2) is 22.1 Å². The Morgan fingerprint density at radius 2 is 1.67 bits per heavy atom. The largest absolute Gasteiger partial charge is 0.497 e. The lowest BCUT2D eigenvalue weighted by molar-refractivity contribution is 0.413. The van der Waals surface area contributed by atoms with Gasteiger partial charge in [-0.3, -0.25) is 0 Å². The number of imidazole rings is 1. The highest BCUT2D eigenvalue weighted by Crippen LogP contribution is 2.34. The summed E-state index contributed by atoms with van der Waals surface area (Å²) >= 11 is 1.59. The molecule has 0 atom stereocenters. The number of hydrogen-bond acceptors (Lipinski definition) is 6. The maximum atomic E-state index is 6.08. The van der Waals surface area contributed by atoms with Gasteiger partial charge in [0.1, 0.15) is 12.1 Å². The topological polar surface area (TPSA) is 78.8 Å². The summed E-state index contributed by atoms with van der Waals surface area (Å²) in [4.78, 5) is 14.4. The Kier molecular flexibility index (Phi) is 10.2. The molecule has 0 bridgehead atoms. The van der Waals surface area contributed by atoms with Crippen LogP contribution in [0.3, 0.4) is 0 Å². The van der Waals surface area contributed by atoms with Crippen LogP contribution >= 0.6 is 11.8 Å². The molecule has 0 aliphatic rings. The second kappa shape index (κ2) is 12.8. The number of aryl methyl sites for hydroxylation is 4. The molecule has 2 aromatic heterocycles. The van der Waals surface area contributed by atoms with E-state index in [1.807, 2.05) is 39.8 Å². The summed E-state index contributed by atoms with van der Waals surface area (Å²) in [7, 11) is 1.67. The van der Waals surface area contributed by atoms with Crippen LogP contribution in [-0.2, 0) is 13.0 Å². The van der Waals surface area contributed by atoms with Crippen LogP contribution in [0.15, 0.2) is 58.8 Å². The molecule has 0 radical (unpaired) electrons. The molecule has 0 saturated heterocycles. The Bertz CT molecular complexity index is 1160. The minimum atomic E-state index is 0.397. The summed E-state index contributed by atoms with van der Waals surface area (Å²) in [5.41, 5.74) is 11.2. The van der Waals surface area contributed by atoms with Crippen molar-refractivity contribution in [3.05, 3.63) is 65.5 Å². The molecule has 4 rings (SSSR count). The third-order valence-corrected chi connectivity index (χ3v) is 6.02. The van der Waals surface area contributed by atoms with Crippen LogP contribution in [0.5, 0.6) is 5.75 Å². The average molecular weight is 466 g/mol. The number of nitrogens with two attached hydrogens (primary N) is 1. The monoisotopic (exact) mass is 465 g/mol. The molecular weight excluding hydrogens is 430 g/mol. The van der Waals surface area contributed by atoms with E-state index in [2.05, 4.69) is 58.7 Å². The van der Waals surface area contributed by atoms with E-state index in [0.29, 0.717) is 11.3 Å². The molecule has 33 heavy (non-hydrogen) atoms. The van der Waals surface area contributed by atoms with Crippen LogP contribution < -0.4 is 10.5 Å². The number of ether oxygens (including phenoxy) is 1. The second-order valence-corrected chi connectivity index (χ2v) is 7.96.